The molecule has 2 saturated heterocycles. The van der Waals surface area contributed by atoms with E-state index in [0.29, 0.717) is 37.6 Å². The molecule has 4 rings (SSSR count). The Morgan fingerprint density at radius 1 is 1.21 bits per heavy atom. The second-order valence-electron chi connectivity index (χ2n) is 6.82. The normalized spacial score (nSPS) is 28.1. The lowest BCUT2D eigenvalue weighted by molar-refractivity contribution is -0.0414. The zero-order valence-electron chi connectivity index (χ0n) is 13.4. The molecular weight excluding hydrogens is 326 g/mol. The van der Waals surface area contributed by atoms with E-state index in [-0.39, 0.29) is 17.9 Å². The molecule has 0 saturated carbocycles. The van der Waals surface area contributed by atoms with Crippen molar-refractivity contribution in [3.63, 3.8) is 0 Å². The molecule has 0 aliphatic carbocycles. The van der Waals surface area contributed by atoms with Crippen LogP contribution >= 0.6 is 0 Å². The highest BCUT2D eigenvalue weighted by atomic mass is 32.2. The molecule has 0 aromatic heterocycles. The molecule has 128 valence electrons. The van der Waals surface area contributed by atoms with Crippen molar-refractivity contribution >= 4 is 20.8 Å². The Bertz CT molecular complexity index is 861. The zero-order valence-corrected chi connectivity index (χ0v) is 14.2. The second-order valence-corrected chi connectivity index (χ2v) is 8.72. The first-order chi connectivity index (χ1) is 11.6. The number of aliphatic hydroxyl groups is 1. The van der Waals surface area contributed by atoms with Gasteiger partial charge in [-0.3, -0.25) is 0 Å². The van der Waals surface area contributed by atoms with Gasteiger partial charge in [-0.2, -0.15) is 4.31 Å². The number of sulfonamides is 1. The molecule has 0 bridgehead atoms. The summed E-state index contributed by atoms with van der Waals surface area (Å²) < 4.78 is 33.6. The molecule has 2 fully saturated rings. The Kier molecular flexibility index (Phi) is 3.88. The van der Waals surface area contributed by atoms with Crippen molar-refractivity contribution in [3.8, 4) is 0 Å². The lowest BCUT2D eigenvalue weighted by Gasteiger charge is -2.36. The molecule has 2 atom stereocenters. The van der Waals surface area contributed by atoms with Crippen molar-refractivity contribution in [3.05, 3.63) is 42.5 Å². The first-order valence-corrected chi connectivity index (χ1v) is 9.67. The molecule has 5 nitrogen and oxygen atoms in total. The highest BCUT2D eigenvalue weighted by Crippen LogP contribution is 2.44. The Morgan fingerprint density at radius 3 is 2.79 bits per heavy atom. The summed E-state index contributed by atoms with van der Waals surface area (Å²) in [5, 5.41) is 11.6. The van der Waals surface area contributed by atoms with Gasteiger partial charge in [0.05, 0.1) is 18.1 Å². The van der Waals surface area contributed by atoms with Crippen LogP contribution in [0.15, 0.2) is 47.4 Å². The minimum Gasteiger partial charge on any atom is -0.396 e. The quantitative estimate of drug-likeness (QED) is 0.920. The van der Waals surface area contributed by atoms with Gasteiger partial charge in [-0.05, 0) is 17.9 Å². The number of aliphatic hydroxyl groups excluding tert-OH is 1. The SMILES string of the molecule is O=S(=O)(c1cccc2ccccc12)N1C[C@@H]2COCC[C@]2(CO)C1. The van der Waals surface area contributed by atoms with Crippen LogP contribution < -0.4 is 0 Å². The van der Waals surface area contributed by atoms with Gasteiger partial charge in [0, 0.05) is 36.4 Å². The van der Waals surface area contributed by atoms with Crippen molar-refractivity contribution in [2.45, 2.75) is 11.3 Å². The van der Waals surface area contributed by atoms with Crippen molar-refractivity contribution in [2.75, 3.05) is 32.9 Å². The van der Waals surface area contributed by atoms with Crippen molar-refractivity contribution in [2.24, 2.45) is 11.3 Å². The lowest BCUT2D eigenvalue weighted by Crippen LogP contribution is -2.41. The molecule has 24 heavy (non-hydrogen) atoms. The molecule has 0 unspecified atom stereocenters. The summed E-state index contributed by atoms with van der Waals surface area (Å²) >= 11 is 0. The fourth-order valence-corrected chi connectivity index (χ4v) is 5.79. The molecule has 6 heteroatoms. The van der Waals surface area contributed by atoms with Crippen LogP contribution in [0, 0.1) is 11.3 Å². The van der Waals surface area contributed by atoms with E-state index in [1.165, 1.54) is 4.31 Å². The molecule has 0 radical (unpaired) electrons. The van der Waals surface area contributed by atoms with Gasteiger partial charge in [-0.1, -0.05) is 36.4 Å². The summed E-state index contributed by atoms with van der Waals surface area (Å²) in [6.07, 6.45) is 0.704. The lowest BCUT2D eigenvalue weighted by atomic mass is 9.75. The highest BCUT2D eigenvalue weighted by molar-refractivity contribution is 7.89. The number of nitrogens with zero attached hydrogens (tertiary/aromatic N) is 1. The smallest absolute Gasteiger partial charge is 0.243 e. The Labute approximate surface area is 141 Å². The second kappa shape index (κ2) is 5.81. The minimum absolute atomic E-state index is 0.00256. The van der Waals surface area contributed by atoms with E-state index in [4.69, 9.17) is 4.74 Å². The standard InChI is InChI=1S/C18H21NO4S/c20-13-18-8-9-23-11-15(18)10-19(12-18)24(21,22)17-7-3-5-14-4-1-2-6-16(14)17/h1-7,15,20H,8-13H2/t15-,18-/m1/s1. The molecular formula is C18H21NO4S. The van der Waals surface area contributed by atoms with Gasteiger partial charge in [0.15, 0.2) is 0 Å². The van der Waals surface area contributed by atoms with E-state index < -0.39 is 10.0 Å². The number of ether oxygens (including phenoxy) is 1. The predicted molar refractivity (Wildman–Crippen MR) is 91.2 cm³/mol. The molecule has 2 heterocycles. The topological polar surface area (TPSA) is 66.8 Å². The fraction of sp³-hybridized carbons (Fsp3) is 0.444. The summed E-state index contributed by atoms with van der Waals surface area (Å²) in [5.41, 5.74) is -0.365. The van der Waals surface area contributed by atoms with E-state index in [9.17, 15) is 13.5 Å². The molecule has 2 aromatic carbocycles. The van der Waals surface area contributed by atoms with Crippen LogP contribution in [0.25, 0.3) is 10.8 Å². The van der Waals surface area contributed by atoms with Gasteiger partial charge in [-0.25, -0.2) is 8.42 Å². The van der Waals surface area contributed by atoms with E-state index in [1.54, 1.807) is 12.1 Å². The maximum Gasteiger partial charge on any atom is 0.243 e. The number of benzene rings is 2. The van der Waals surface area contributed by atoms with Crippen molar-refractivity contribution < 1.29 is 18.3 Å². The molecule has 2 aromatic rings. The third-order valence-corrected chi connectivity index (χ3v) is 7.40. The van der Waals surface area contributed by atoms with Crippen LogP contribution in [0.3, 0.4) is 0 Å². The van der Waals surface area contributed by atoms with Gasteiger partial charge in [0.2, 0.25) is 10.0 Å². The number of fused-ring (bicyclic) bond motifs is 2. The Balaban J connectivity index is 1.76. The Morgan fingerprint density at radius 2 is 2.00 bits per heavy atom. The molecule has 2 aliphatic heterocycles. The summed E-state index contributed by atoms with van der Waals surface area (Å²) in [7, 11) is -3.61. The highest BCUT2D eigenvalue weighted by Gasteiger charge is 2.51. The van der Waals surface area contributed by atoms with Crippen LogP contribution in [-0.2, 0) is 14.8 Å². The van der Waals surface area contributed by atoms with Crippen LogP contribution in [0.2, 0.25) is 0 Å². The first-order valence-electron chi connectivity index (χ1n) is 8.23. The number of hydrogen-bond acceptors (Lipinski definition) is 4. The summed E-state index contributed by atoms with van der Waals surface area (Å²) in [6, 6.07) is 12.9. The van der Waals surface area contributed by atoms with E-state index in [2.05, 4.69) is 0 Å². The maximum absolute atomic E-state index is 13.3. The van der Waals surface area contributed by atoms with Gasteiger partial charge in [0.1, 0.15) is 0 Å². The van der Waals surface area contributed by atoms with E-state index in [0.717, 1.165) is 10.8 Å². The van der Waals surface area contributed by atoms with Gasteiger partial charge in [0.25, 0.3) is 0 Å². The van der Waals surface area contributed by atoms with Crippen molar-refractivity contribution in [1.82, 2.24) is 4.31 Å². The Hall–Kier alpha value is -1.47. The number of rotatable bonds is 3. The summed E-state index contributed by atoms with van der Waals surface area (Å²) in [6.45, 7) is 1.87. The zero-order chi connectivity index (χ0) is 16.8. The molecule has 0 spiro atoms. The fourth-order valence-electron chi connectivity index (χ4n) is 4.00. The molecule has 1 N–H and O–H groups in total. The van der Waals surface area contributed by atoms with Crippen LogP contribution in [0.4, 0.5) is 0 Å². The third-order valence-electron chi connectivity index (χ3n) is 5.53. The third kappa shape index (κ3) is 2.37. The minimum atomic E-state index is -3.61. The van der Waals surface area contributed by atoms with Gasteiger partial charge < -0.3 is 9.84 Å². The van der Waals surface area contributed by atoms with Crippen LogP contribution in [0.1, 0.15) is 6.42 Å². The van der Waals surface area contributed by atoms with E-state index in [1.807, 2.05) is 30.3 Å². The monoisotopic (exact) mass is 347 g/mol. The van der Waals surface area contributed by atoms with Crippen molar-refractivity contribution in [1.29, 1.82) is 0 Å². The van der Waals surface area contributed by atoms with Crippen LogP contribution in [-0.4, -0.2) is 50.7 Å². The van der Waals surface area contributed by atoms with E-state index >= 15 is 0 Å². The number of hydrogen-bond donors (Lipinski definition) is 1. The summed E-state index contributed by atoms with van der Waals surface area (Å²) in [4.78, 5) is 0.341. The molecule has 0 amide bonds. The average molecular weight is 347 g/mol. The molecule has 2 aliphatic rings. The summed E-state index contributed by atoms with van der Waals surface area (Å²) in [5.74, 6) is 0.0565. The largest absolute Gasteiger partial charge is 0.396 e. The average Bonchev–Trinajstić information content (AvgIpc) is 3.02. The van der Waals surface area contributed by atoms with Gasteiger partial charge >= 0.3 is 0 Å². The van der Waals surface area contributed by atoms with Gasteiger partial charge in [-0.15, -0.1) is 0 Å². The maximum atomic E-state index is 13.3. The van der Waals surface area contributed by atoms with Crippen LogP contribution in [0.5, 0.6) is 0 Å². The first kappa shape index (κ1) is 16.0. The predicted octanol–water partition coefficient (Wildman–Crippen LogP) is 1.86.